The van der Waals surface area contributed by atoms with E-state index in [4.69, 9.17) is 4.74 Å². The average molecular weight is 416 g/mol. The van der Waals surface area contributed by atoms with Crippen LogP contribution in [0, 0.1) is 0 Å². The van der Waals surface area contributed by atoms with Crippen molar-refractivity contribution in [2.45, 2.75) is 18.6 Å². The molecular weight excluding hydrogens is 395 g/mol. The highest BCUT2D eigenvalue weighted by Crippen LogP contribution is 2.33. The molecule has 6 nitrogen and oxygen atoms in total. The molecule has 2 aliphatic rings. The third kappa shape index (κ3) is 4.16. The molecule has 1 unspecified atom stereocenters. The first-order valence-corrected chi connectivity index (χ1v) is 8.79. The predicted octanol–water partition coefficient (Wildman–Crippen LogP) is 3.17. The fourth-order valence-electron chi connectivity index (χ4n) is 3.68. The first-order valence-electron chi connectivity index (χ1n) is 8.79. The van der Waals surface area contributed by atoms with Crippen molar-refractivity contribution in [1.82, 2.24) is 20.2 Å². The molecule has 152 valence electrons. The zero-order valence-corrected chi connectivity index (χ0v) is 16.0. The number of rotatable bonds is 3. The number of alkyl halides is 3. The third-order valence-corrected chi connectivity index (χ3v) is 4.96. The topological polar surface area (TPSA) is 62.3 Å². The van der Waals surface area contributed by atoms with Crippen molar-refractivity contribution < 1.29 is 17.9 Å². The van der Waals surface area contributed by atoms with Gasteiger partial charge in [-0.15, -0.1) is 12.4 Å². The number of fused-ring (bicyclic) bond motifs is 3. The second-order valence-corrected chi connectivity index (χ2v) is 6.66. The molecule has 3 heterocycles. The summed E-state index contributed by atoms with van der Waals surface area (Å²) < 4.78 is 43.8. The van der Waals surface area contributed by atoms with Gasteiger partial charge in [0.2, 0.25) is 11.7 Å². The van der Waals surface area contributed by atoms with E-state index >= 15 is 0 Å². The van der Waals surface area contributed by atoms with Gasteiger partial charge in [-0.2, -0.15) is 18.2 Å². The minimum absolute atomic E-state index is 0. The number of ether oxygens (including phenoxy) is 1. The monoisotopic (exact) mass is 415 g/mol. The summed E-state index contributed by atoms with van der Waals surface area (Å²) in [5.41, 5.74) is 3.18. The van der Waals surface area contributed by atoms with Crippen LogP contribution >= 0.6 is 12.4 Å². The molecule has 28 heavy (non-hydrogen) atoms. The van der Waals surface area contributed by atoms with E-state index in [2.05, 4.69) is 25.5 Å². The molecule has 0 aliphatic carbocycles. The van der Waals surface area contributed by atoms with Gasteiger partial charge in [-0.05, 0) is 29.7 Å². The van der Waals surface area contributed by atoms with Crippen LogP contribution in [-0.4, -0.2) is 48.2 Å². The zero-order chi connectivity index (χ0) is 19.0. The molecule has 1 atom stereocenters. The summed E-state index contributed by atoms with van der Waals surface area (Å²) in [7, 11) is 1.27. The first kappa shape index (κ1) is 20.6. The number of hydrogen-bond acceptors (Lipinski definition) is 6. The Morgan fingerprint density at radius 1 is 1.21 bits per heavy atom. The summed E-state index contributed by atoms with van der Waals surface area (Å²) >= 11 is 0. The third-order valence-electron chi connectivity index (χ3n) is 4.96. The van der Waals surface area contributed by atoms with E-state index in [1.807, 2.05) is 18.2 Å². The smallest absolute Gasteiger partial charge is 0.451 e. The van der Waals surface area contributed by atoms with Crippen LogP contribution in [0.15, 0.2) is 24.3 Å². The molecule has 0 bridgehead atoms. The quantitative estimate of drug-likeness (QED) is 0.803. The van der Waals surface area contributed by atoms with Gasteiger partial charge in [-0.1, -0.05) is 6.07 Å². The van der Waals surface area contributed by atoms with Crippen molar-refractivity contribution >= 4 is 23.9 Å². The average Bonchev–Trinajstić information content (AvgIpc) is 2.66. The molecule has 2 aromatic rings. The van der Waals surface area contributed by atoms with Crippen LogP contribution in [0.25, 0.3) is 0 Å². The second-order valence-electron chi connectivity index (χ2n) is 6.66. The van der Waals surface area contributed by atoms with Crippen LogP contribution in [0.3, 0.4) is 0 Å². The highest BCUT2D eigenvalue weighted by Gasteiger charge is 2.36. The lowest BCUT2D eigenvalue weighted by atomic mass is 9.91. The molecule has 1 fully saturated rings. The van der Waals surface area contributed by atoms with Gasteiger partial charge in [0.25, 0.3) is 0 Å². The Balaban J connectivity index is 0.00000225. The second kappa shape index (κ2) is 8.10. The molecule has 2 N–H and O–H groups in total. The number of nitrogens with zero attached hydrogens (tertiary/aromatic N) is 3. The number of piperazine rings is 1. The van der Waals surface area contributed by atoms with Gasteiger partial charge in [0.15, 0.2) is 0 Å². The highest BCUT2D eigenvalue weighted by atomic mass is 35.5. The Morgan fingerprint density at radius 2 is 2.04 bits per heavy atom. The molecule has 0 spiro atoms. The van der Waals surface area contributed by atoms with E-state index < -0.39 is 12.0 Å². The van der Waals surface area contributed by atoms with E-state index in [1.165, 1.54) is 24.3 Å². The fraction of sp³-hybridized carbons (Fsp3) is 0.444. The number of anilines is 2. The number of halogens is 4. The van der Waals surface area contributed by atoms with Crippen LogP contribution in [0.1, 0.15) is 23.0 Å². The van der Waals surface area contributed by atoms with Gasteiger partial charge in [0, 0.05) is 44.0 Å². The summed E-state index contributed by atoms with van der Waals surface area (Å²) in [5, 5.41) is 6.37. The zero-order valence-electron chi connectivity index (χ0n) is 15.2. The Kier molecular flexibility index (Phi) is 5.97. The van der Waals surface area contributed by atoms with Crippen molar-refractivity contribution in [3.8, 4) is 5.88 Å². The fourth-order valence-corrected chi connectivity index (χ4v) is 3.68. The summed E-state index contributed by atoms with van der Waals surface area (Å²) in [6, 6.07) is 7.61. The molecule has 0 amide bonds. The van der Waals surface area contributed by atoms with Gasteiger partial charge in [-0.25, -0.2) is 4.98 Å². The van der Waals surface area contributed by atoms with Gasteiger partial charge in [0.1, 0.15) is 5.82 Å². The Labute approximate surface area is 166 Å². The van der Waals surface area contributed by atoms with Crippen LogP contribution in [0.4, 0.5) is 24.7 Å². The molecule has 4 rings (SSSR count). The van der Waals surface area contributed by atoms with Crippen LogP contribution < -0.4 is 15.4 Å². The predicted molar refractivity (Wildman–Crippen MR) is 101 cm³/mol. The number of methoxy groups -OCH3 is 1. The molecular formula is C18H21ClF3N5O. The summed E-state index contributed by atoms with van der Waals surface area (Å²) in [4.78, 5) is 9.42. The van der Waals surface area contributed by atoms with E-state index in [0.717, 1.165) is 32.6 Å². The number of hydrogen-bond donors (Lipinski definition) is 2. The molecule has 1 saturated heterocycles. The van der Waals surface area contributed by atoms with E-state index in [-0.39, 0.29) is 24.1 Å². The van der Waals surface area contributed by atoms with Crippen molar-refractivity contribution in [3.63, 3.8) is 0 Å². The maximum absolute atomic E-state index is 13.0. The molecule has 0 saturated carbocycles. The van der Waals surface area contributed by atoms with Gasteiger partial charge < -0.3 is 15.4 Å². The minimum atomic E-state index is -4.64. The van der Waals surface area contributed by atoms with Crippen LogP contribution in [-0.2, 0) is 12.6 Å². The summed E-state index contributed by atoms with van der Waals surface area (Å²) in [6.07, 6.45) is -3.72. The summed E-state index contributed by atoms with van der Waals surface area (Å²) in [5.74, 6) is -1.32. The number of aromatic nitrogens is 2. The normalized spacial score (nSPS) is 19.2. The molecule has 1 aromatic carbocycles. The highest BCUT2D eigenvalue weighted by molar-refractivity contribution is 5.85. The Morgan fingerprint density at radius 3 is 2.79 bits per heavy atom. The van der Waals surface area contributed by atoms with E-state index in [9.17, 15) is 13.2 Å². The maximum Gasteiger partial charge on any atom is 0.451 e. The molecule has 1 aromatic heterocycles. The molecule has 0 radical (unpaired) electrons. The van der Waals surface area contributed by atoms with Crippen molar-refractivity contribution in [2.75, 3.05) is 38.6 Å². The Hall–Kier alpha value is -2.10. The molecule has 2 aliphatic heterocycles. The minimum Gasteiger partial charge on any atom is -0.481 e. The van der Waals surface area contributed by atoms with Gasteiger partial charge >= 0.3 is 6.18 Å². The first-order chi connectivity index (χ1) is 12.9. The van der Waals surface area contributed by atoms with Crippen LogP contribution in [0.5, 0.6) is 5.88 Å². The lowest BCUT2D eigenvalue weighted by molar-refractivity contribution is -0.145. The molecule has 10 heteroatoms. The van der Waals surface area contributed by atoms with Crippen molar-refractivity contribution in [1.29, 1.82) is 0 Å². The lowest BCUT2D eigenvalue weighted by Crippen LogP contribution is -2.48. The van der Waals surface area contributed by atoms with Gasteiger partial charge in [-0.3, -0.25) is 4.90 Å². The summed E-state index contributed by atoms with van der Waals surface area (Å²) in [6.45, 7) is 3.94. The van der Waals surface area contributed by atoms with Crippen molar-refractivity contribution in [3.05, 3.63) is 41.2 Å². The largest absolute Gasteiger partial charge is 0.481 e. The Bertz CT molecular complexity index is 848. The van der Waals surface area contributed by atoms with Crippen molar-refractivity contribution in [2.24, 2.45) is 0 Å². The lowest BCUT2D eigenvalue weighted by Gasteiger charge is -2.41. The van der Waals surface area contributed by atoms with Gasteiger partial charge in [0.05, 0.1) is 7.11 Å². The maximum atomic E-state index is 13.0. The van der Waals surface area contributed by atoms with Crippen LogP contribution in [0.2, 0.25) is 0 Å². The number of nitrogens with one attached hydrogen (secondary N) is 2. The SMILES string of the molecule is COc1cc(Nc2ccc3c(c2)CCN2CCNCC32)nc(C(F)(F)F)n1.Cl. The standard InChI is InChI=1S/C18H20F3N5O.ClH/c1-27-16-9-15(24-17(25-16)18(19,20)21)23-12-2-3-13-11(8-12)4-6-26-7-5-22-10-14(13)26;/h2-3,8-9,14,22H,4-7,10H2,1H3,(H,23,24,25);1H. The number of benzene rings is 1. The van der Waals surface area contributed by atoms with E-state index in [1.54, 1.807) is 0 Å². The van der Waals surface area contributed by atoms with E-state index in [0.29, 0.717) is 11.7 Å².